The SMILES string of the molecule is CCCCCC(C)(C)C(CCC)C1(C(=O)OCC)OO1. The summed E-state index contributed by atoms with van der Waals surface area (Å²) in [4.78, 5) is 22.4. The van der Waals surface area contributed by atoms with Gasteiger partial charge in [0, 0.05) is 5.92 Å². The van der Waals surface area contributed by atoms with Crippen LogP contribution in [0.2, 0.25) is 0 Å². The Morgan fingerprint density at radius 1 is 1.15 bits per heavy atom. The third kappa shape index (κ3) is 3.95. The lowest BCUT2D eigenvalue weighted by Crippen LogP contribution is -2.43. The molecule has 20 heavy (non-hydrogen) atoms. The second-order valence-electron chi connectivity index (χ2n) is 6.34. The van der Waals surface area contributed by atoms with Gasteiger partial charge in [0.1, 0.15) is 0 Å². The van der Waals surface area contributed by atoms with Gasteiger partial charge < -0.3 is 4.74 Å². The summed E-state index contributed by atoms with van der Waals surface area (Å²) in [5.41, 5.74) is -0.00551. The Labute approximate surface area is 123 Å². The van der Waals surface area contributed by atoms with Crippen LogP contribution >= 0.6 is 0 Å². The lowest BCUT2D eigenvalue weighted by molar-refractivity contribution is -0.156. The smallest absolute Gasteiger partial charge is 0.373 e. The fourth-order valence-corrected chi connectivity index (χ4v) is 2.99. The summed E-state index contributed by atoms with van der Waals surface area (Å²) in [6.07, 6.45) is 6.55. The maximum atomic E-state index is 12.1. The number of unbranched alkanes of at least 4 members (excludes halogenated alkanes) is 2. The van der Waals surface area contributed by atoms with E-state index in [9.17, 15) is 4.79 Å². The predicted molar refractivity (Wildman–Crippen MR) is 77.9 cm³/mol. The Kier molecular flexibility index (Phi) is 6.46. The molecule has 0 aromatic heterocycles. The lowest BCUT2D eigenvalue weighted by atomic mass is 9.69. The van der Waals surface area contributed by atoms with E-state index in [2.05, 4.69) is 27.7 Å². The van der Waals surface area contributed by atoms with E-state index >= 15 is 0 Å². The highest BCUT2D eigenvalue weighted by atomic mass is 17.4. The summed E-state index contributed by atoms with van der Waals surface area (Å²) < 4.78 is 5.13. The fourth-order valence-electron chi connectivity index (χ4n) is 2.99. The Morgan fingerprint density at radius 3 is 2.25 bits per heavy atom. The quantitative estimate of drug-likeness (QED) is 0.261. The molecule has 0 aliphatic carbocycles. The zero-order valence-electron chi connectivity index (χ0n) is 13.7. The van der Waals surface area contributed by atoms with Gasteiger partial charge in [-0.1, -0.05) is 53.4 Å². The zero-order chi connectivity index (χ0) is 15.2. The first kappa shape index (κ1) is 17.4. The van der Waals surface area contributed by atoms with Gasteiger partial charge in [0.2, 0.25) is 0 Å². The molecule has 1 atom stereocenters. The minimum Gasteiger partial charge on any atom is -0.462 e. The van der Waals surface area contributed by atoms with Crippen LogP contribution in [0.25, 0.3) is 0 Å². The molecular formula is C16H30O4. The summed E-state index contributed by atoms with van der Waals surface area (Å²) in [6.45, 7) is 10.9. The van der Waals surface area contributed by atoms with E-state index in [1.54, 1.807) is 6.92 Å². The van der Waals surface area contributed by atoms with Crippen LogP contribution in [0.15, 0.2) is 0 Å². The standard InChI is InChI=1S/C16H30O4/c1-6-9-10-12-15(4,5)13(11-7-2)16(19-20-16)14(17)18-8-3/h13H,6-12H2,1-5H3. The van der Waals surface area contributed by atoms with Crippen LogP contribution < -0.4 is 0 Å². The molecule has 0 radical (unpaired) electrons. The van der Waals surface area contributed by atoms with Crippen LogP contribution in [0.5, 0.6) is 0 Å². The molecule has 1 heterocycles. The van der Waals surface area contributed by atoms with Crippen molar-refractivity contribution >= 4 is 5.97 Å². The number of carbonyl (C=O) groups excluding carboxylic acids is 1. The van der Waals surface area contributed by atoms with Gasteiger partial charge in [0.15, 0.2) is 0 Å². The maximum Gasteiger partial charge on any atom is 0.373 e. The van der Waals surface area contributed by atoms with Gasteiger partial charge in [-0.25, -0.2) is 4.79 Å². The van der Waals surface area contributed by atoms with Crippen molar-refractivity contribution in [3.8, 4) is 0 Å². The van der Waals surface area contributed by atoms with Gasteiger partial charge in [-0.15, -0.1) is 0 Å². The molecule has 0 bridgehead atoms. The molecule has 4 nitrogen and oxygen atoms in total. The molecule has 1 unspecified atom stereocenters. The molecule has 1 aliphatic rings. The van der Waals surface area contributed by atoms with E-state index in [4.69, 9.17) is 14.5 Å². The van der Waals surface area contributed by atoms with E-state index < -0.39 is 5.79 Å². The van der Waals surface area contributed by atoms with Crippen molar-refractivity contribution in [3.63, 3.8) is 0 Å². The van der Waals surface area contributed by atoms with Gasteiger partial charge >= 0.3 is 11.8 Å². The highest BCUT2D eigenvalue weighted by Gasteiger charge is 2.66. The van der Waals surface area contributed by atoms with Crippen molar-refractivity contribution in [1.82, 2.24) is 0 Å². The van der Waals surface area contributed by atoms with Crippen molar-refractivity contribution in [2.45, 2.75) is 78.9 Å². The average Bonchev–Trinajstić information content (AvgIpc) is 3.17. The Balaban J connectivity index is 2.79. The summed E-state index contributed by atoms with van der Waals surface area (Å²) in [7, 11) is 0. The molecule has 0 saturated carbocycles. The number of hydrogen-bond acceptors (Lipinski definition) is 4. The Hall–Kier alpha value is -0.610. The molecule has 0 aromatic carbocycles. The largest absolute Gasteiger partial charge is 0.462 e. The number of ether oxygens (including phenoxy) is 1. The second kappa shape index (κ2) is 7.41. The molecule has 0 aromatic rings. The van der Waals surface area contributed by atoms with Crippen LogP contribution in [0.1, 0.15) is 73.1 Å². The minimum absolute atomic E-state index is 0.00551. The molecular weight excluding hydrogens is 256 g/mol. The van der Waals surface area contributed by atoms with Gasteiger partial charge in [-0.05, 0) is 25.2 Å². The lowest BCUT2D eigenvalue weighted by Gasteiger charge is -2.35. The van der Waals surface area contributed by atoms with Gasteiger partial charge in [0.05, 0.1) is 6.61 Å². The van der Waals surface area contributed by atoms with Crippen LogP contribution in [0, 0.1) is 11.3 Å². The molecule has 1 fully saturated rings. The number of esters is 1. The van der Waals surface area contributed by atoms with Gasteiger partial charge in [0.25, 0.3) is 0 Å². The number of hydrogen-bond donors (Lipinski definition) is 0. The minimum atomic E-state index is -1.15. The van der Waals surface area contributed by atoms with Crippen molar-refractivity contribution in [2.75, 3.05) is 6.61 Å². The molecule has 4 heteroatoms. The second-order valence-corrected chi connectivity index (χ2v) is 6.34. The zero-order valence-corrected chi connectivity index (χ0v) is 13.7. The summed E-state index contributed by atoms with van der Waals surface area (Å²) in [5, 5.41) is 0. The molecule has 1 aliphatic heterocycles. The van der Waals surface area contributed by atoms with Crippen molar-refractivity contribution < 1.29 is 19.3 Å². The van der Waals surface area contributed by atoms with Gasteiger partial charge in [-0.3, -0.25) is 0 Å². The Bertz CT molecular complexity index is 308. The monoisotopic (exact) mass is 286 g/mol. The number of carbonyl (C=O) groups is 1. The molecule has 0 amide bonds. The third-order valence-corrected chi connectivity index (χ3v) is 4.23. The van der Waals surface area contributed by atoms with Crippen LogP contribution in [-0.4, -0.2) is 18.4 Å². The molecule has 0 N–H and O–H groups in total. The first-order valence-corrected chi connectivity index (χ1v) is 7.98. The Morgan fingerprint density at radius 2 is 1.80 bits per heavy atom. The van der Waals surface area contributed by atoms with E-state index in [1.807, 2.05) is 0 Å². The summed E-state index contributed by atoms with van der Waals surface area (Å²) in [5.74, 6) is -1.49. The number of rotatable bonds is 10. The van der Waals surface area contributed by atoms with E-state index in [1.165, 1.54) is 19.3 Å². The topological polar surface area (TPSA) is 51.4 Å². The fraction of sp³-hybridized carbons (Fsp3) is 0.938. The normalized spacial score (nSPS) is 18.6. The molecule has 1 saturated heterocycles. The van der Waals surface area contributed by atoms with Crippen molar-refractivity contribution in [2.24, 2.45) is 11.3 Å². The summed E-state index contributed by atoms with van der Waals surface area (Å²) >= 11 is 0. The average molecular weight is 286 g/mol. The summed E-state index contributed by atoms with van der Waals surface area (Å²) in [6, 6.07) is 0. The van der Waals surface area contributed by atoms with Gasteiger partial charge in [-0.2, -0.15) is 9.78 Å². The predicted octanol–water partition coefficient (Wildman–Crippen LogP) is 4.23. The molecule has 1 rings (SSSR count). The van der Waals surface area contributed by atoms with Crippen molar-refractivity contribution in [3.05, 3.63) is 0 Å². The van der Waals surface area contributed by atoms with Crippen molar-refractivity contribution in [1.29, 1.82) is 0 Å². The molecule has 118 valence electrons. The van der Waals surface area contributed by atoms with Crippen LogP contribution in [0.3, 0.4) is 0 Å². The van der Waals surface area contributed by atoms with E-state index in [0.29, 0.717) is 6.61 Å². The third-order valence-electron chi connectivity index (χ3n) is 4.23. The van der Waals surface area contributed by atoms with E-state index in [0.717, 1.165) is 19.3 Å². The highest BCUT2D eigenvalue weighted by molar-refractivity contribution is 5.79. The first-order valence-electron chi connectivity index (χ1n) is 7.98. The van der Waals surface area contributed by atoms with E-state index in [-0.39, 0.29) is 17.3 Å². The first-order chi connectivity index (χ1) is 9.44. The maximum absolute atomic E-state index is 12.1. The molecule has 0 spiro atoms. The highest BCUT2D eigenvalue weighted by Crippen LogP contribution is 2.51. The van der Waals surface area contributed by atoms with Crippen LogP contribution in [-0.2, 0) is 19.3 Å². The van der Waals surface area contributed by atoms with Crippen LogP contribution in [0.4, 0.5) is 0 Å².